The Bertz CT molecular complexity index is 927. The highest BCUT2D eigenvalue weighted by Crippen LogP contribution is 2.23. The molecule has 0 saturated carbocycles. The molecule has 0 unspecified atom stereocenters. The lowest BCUT2D eigenvalue weighted by Gasteiger charge is -2.22. The molecule has 0 aliphatic rings. The van der Waals surface area contributed by atoms with Gasteiger partial charge in [-0.2, -0.15) is 0 Å². The third-order valence-corrected chi connectivity index (χ3v) is 4.17. The molecule has 1 heterocycles. The molecular formula is C21H21FN4O. The van der Waals surface area contributed by atoms with Crippen LogP contribution < -0.4 is 10.2 Å². The van der Waals surface area contributed by atoms with Gasteiger partial charge < -0.3 is 10.2 Å². The topological polar surface area (TPSA) is 58.1 Å². The molecule has 0 radical (unpaired) electrons. The zero-order valence-corrected chi connectivity index (χ0v) is 15.3. The van der Waals surface area contributed by atoms with Gasteiger partial charge in [0.25, 0.3) is 5.91 Å². The van der Waals surface area contributed by atoms with E-state index < -0.39 is 5.91 Å². The summed E-state index contributed by atoms with van der Waals surface area (Å²) >= 11 is 0. The predicted octanol–water partition coefficient (Wildman–Crippen LogP) is 4.01. The van der Waals surface area contributed by atoms with Gasteiger partial charge in [0.15, 0.2) is 5.82 Å². The van der Waals surface area contributed by atoms with Crippen LogP contribution in [-0.4, -0.2) is 22.4 Å². The summed E-state index contributed by atoms with van der Waals surface area (Å²) in [5.41, 5.74) is 2.79. The summed E-state index contributed by atoms with van der Waals surface area (Å²) in [5, 5.41) is 2.66. The first-order valence-corrected chi connectivity index (χ1v) is 8.76. The van der Waals surface area contributed by atoms with Crippen LogP contribution in [0.2, 0.25) is 0 Å². The highest BCUT2D eigenvalue weighted by atomic mass is 19.1. The molecule has 6 heteroatoms. The van der Waals surface area contributed by atoms with E-state index in [2.05, 4.69) is 21.4 Å². The van der Waals surface area contributed by atoms with Gasteiger partial charge in [-0.05, 0) is 37.6 Å². The first-order valence-electron chi connectivity index (χ1n) is 8.76. The van der Waals surface area contributed by atoms with Crippen molar-refractivity contribution in [3.8, 4) is 0 Å². The van der Waals surface area contributed by atoms with E-state index in [1.54, 1.807) is 24.4 Å². The molecule has 0 atom stereocenters. The average molecular weight is 364 g/mol. The van der Waals surface area contributed by atoms with Crippen molar-refractivity contribution >= 4 is 17.4 Å². The quantitative estimate of drug-likeness (QED) is 0.718. The lowest BCUT2D eigenvalue weighted by molar-refractivity contribution is 0.0945. The number of nitrogens with one attached hydrogen (secondary N) is 1. The Balaban J connectivity index is 1.70. The van der Waals surface area contributed by atoms with E-state index in [9.17, 15) is 9.18 Å². The van der Waals surface area contributed by atoms with Gasteiger partial charge in [0, 0.05) is 24.3 Å². The molecule has 3 rings (SSSR count). The first-order chi connectivity index (χ1) is 13.1. The van der Waals surface area contributed by atoms with Crippen LogP contribution in [0.5, 0.6) is 0 Å². The van der Waals surface area contributed by atoms with E-state index in [0.29, 0.717) is 11.4 Å². The summed E-state index contributed by atoms with van der Waals surface area (Å²) in [6, 6.07) is 14.4. The van der Waals surface area contributed by atoms with Crippen LogP contribution in [-0.2, 0) is 6.54 Å². The van der Waals surface area contributed by atoms with Crippen LogP contribution in [0.1, 0.15) is 28.5 Å². The SMILES string of the molecule is CCN(c1cccc(C)c1)c1cnc(C(=O)NCc2ccccc2F)cn1. The minimum Gasteiger partial charge on any atom is -0.346 e. The minimum absolute atomic E-state index is 0.0965. The molecule has 0 bridgehead atoms. The van der Waals surface area contributed by atoms with Crippen molar-refractivity contribution in [1.29, 1.82) is 0 Å². The molecule has 0 saturated heterocycles. The van der Waals surface area contributed by atoms with E-state index in [4.69, 9.17) is 0 Å². The first kappa shape index (κ1) is 18.5. The second kappa shape index (κ2) is 8.40. The molecule has 5 nitrogen and oxygen atoms in total. The van der Waals surface area contributed by atoms with Gasteiger partial charge in [-0.15, -0.1) is 0 Å². The number of halogens is 1. The second-order valence-electron chi connectivity index (χ2n) is 6.12. The highest BCUT2D eigenvalue weighted by Gasteiger charge is 2.13. The number of benzene rings is 2. The summed E-state index contributed by atoms with van der Waals surface area (Å²) in [6.07, 6.45) is 3.01. The molecule has 1 N–H and O–H groups in total. The summed E-state index contributed by atoms with van der Waals surface area (Å²) in [6.45, 7) is 4.88. The van der Waals surface area contributed by atoms with Crippen LogP contribution in [0.15, 0.2) is 60.9 Å². The number of carbonyl (C=O) groups excluding carboxylic acids is 1. The van der Waals surface area contributed by atoms with Crippen LogP contribution in [0.3, 0.4) is 0 Å². The van der Waals surface area contributed by atoms with Crippen LogP contribution >= 0.6 is 0 Å². The van der Waals surface area contributed by atoms with Crippen molar-refractivity contribution in [1.82, 2.24) is 15.3 Å². The third-order valence-electron chi connectivity index (χ3n) is 4.17. The maximum Gasteiger partial charge on any atom is 0.271 e. The highest BCUT2D eigenvalue weighted by molar-refractivity contribution is 5.92. The number of carbonyl (C=O) groups is 1. The molecule has 138 valence electrons. The Morgan fingerprint density at radius 3 is 2.59 bits per heavy atom. The minimum atomic E-state index is -0.393. The van der Waals surface area contributed by atoms with Crippen LogP contribution in [0.25, 0.3) is 0 Å². The predicted molar refractivity (Wildman–Crippen MR) is 103 cm³/mol. The smallest absolute Gasteiger partial charge is 0.271 e. The van der Waals surface area contributed by atoms with Crippen LogP contribution in [0.4, 0.5) is 15.9 Å². The van der Waals surface area contributed by atoms with Crippen molar-refractivity contribution in [2.45, 2.75) is 20.4 Å². The fourth-order valence-electron chi connectivity index (χ4n) is 2.76. The number of aryl methyl sites for hydroxylation is 1. The van der Waals surface area contributed by atoms with E-state index in [1.807, 2.05) is 36.9 Å². The number of aromatic nitrogens is 2. The zero-order chi connectivity index (χ0) is 19.2. The summed E-state index contributed by atoms with van der Waals surface area (Å²) in [5.74, 6) is -0.0827. The number of nitrogens with zero attached hydrogens (tertiary/aromatic N) is 3. The number of rotatable bonds is 6. The summed E-state index contributed by atoms with van der Waals surface area (Å²) in [7, 11) is 0. The molecule has 0 aliphatic carbocycles. The molecule has 0 spiro atoms. The van der Waals surface area contributed by atoms with E-state index >= 15 is 0 Å². The van der Waals surface area contributed by atoms with Crippen LogP contribution in [0, 0.1) is 12.7 Å². The van der Waals surface area contributed by atoms with Crippen molar-refractivity contribution in [3.63, 3.8) is 0 Å². The molecular weight excluding hydrogens is 343 g/mol. The Morgan fingerprint density at radius 2 is 1.93 bits per heavy atom. The Morgan fingerprint density at radius 1 is 1.11 bits per heavy atom. The fraction of sp³-hybridized carbons (Fsp3) is 0.190. The molecule has 1 aromatic heterocycles. The second-order valence-corrected chi connectivity index (χ2v) is 6.12. The zero-order valence-electron chi connectivity index (χ0n) is 15.3. The standard InChI is InChI=1S/C21H21FN4O/c1-3-26(17-9-6-7-15(2)11-17)20-14-23-19(13-24-20)21(27)25-12-16-8-4-5-10-18(16)22/h4-11,13-14H,3,12H2,1-2H3,(H,25,27). The number of hydrogen-bond acceptors (Lipinski definition) is 4. The van der Waals surface area contributed by atoms with Gasteiger partial charge in [-0.1, -0.05) is 30.3 Å². The fourth-order valence-corrected chi connectivity index (χ4v) is 2.76. The third kappa shape index (κ3) is 4.47. The van der Waals surface area contributed by atoms with E-state index in [0.717, 1.165) is 17.8 Å². The molecule has 2 aromatic carbocycles. The van der Waals surface area contributed by atoms with Gasteiger partial charge in [0.1, 0.15) is 11.5 Å². The van der Waals surface area contributed by atoms with Crippen molar-refractivity contribution in [3.05, 3.63) is 83.6 Å². The van der Waals surface area contributed by atoms with Crippen molar-refractivity contribution in [2.75, 3.05) is 11.4 Å². The Hall–Kier alpha value is -3.28. The average Bonchev–Trinajstić information content (AvgIpc) is 2.68. The largest absolute Gasteiger partial charge is 0.346 e. The van der Waals surface area contributed by atoms with Crippen molar-refractivity contribution < 1.29 is 9.18 Å². The van der Waals surface area contributed by atoms with Gasteiger partial charge >= 0.3 is 0 Å². The Labute approximate surface area is 157 Å². The van der Waals surface area contributed by atoms with E-state index in [1.165, 1.54) is 12.3 Å². The molecule has 3 aromatic rings. The number of amides is 1. The monoisotopic (exact) mass is 364 g/mol. The van der Waals surface area contributed by atoms with E-state index in [-0.39, 0.29) is 18.1 Å². The maximum absolute atomic E-state index is 13.6. The van der Waals surface area contributed by atoms with Gasteiger partial charge in [-0.25, -0.2) is 14.4 Å². The number of hydrogen-bond donors (Lipinski definition) is 1. The van der Waals surface area contributed by atoms with Crippen molar-refractivity contribution in [2.24, 2.45) is 0 Å². The lowest BCUT2D eigenvalue weighted by Crippen LogP contribution is -2.25. The van der Waals surface area contributed by atoms with Gasteiger partial charge in [-0.3, -0.25) is 4.79 Å². The molecule has 0 aliphatic heterocycles. The summed E-state index contributed by atoms with van der Waals surface area (Å²) in [4.78, 5) is 22.9. The van der Waals surface area contributed by atoms with Gasteiger partial charge in [0.05, 0.1) is 12.4 Å². The molecule has 0 fully saturated rings. The van der Waals surface area contributed by atoms with Gasteiger partial charge in [0.2, 0.25) is 0 Å². The number of anilines is 2. The molecule has 1 amide bonds. The normalized spacial score (nSPS) is 10.5. The maximum atomic E-state index is 13.6. The molecule has 27 heavy (non-hydrogen) atoms. The lowest BCUT2D eigenvalue weighted by atomic mass is 10.2. The Kier molecular flexibility index (Phi) is 5.76. The summed E-state index contributed by atoms with van der Waals surface area (Å²) < 4.78 is 13.6.